The molecule has 1 heterocycles. The van der Waals surface area contributed by atoms with E-state index in [0.29, 0.717) is 5.82 Å². The largest absolute Gasteiger partial charge is 0.316 e. The van der Waals surface area contributed by atoms with Gasteiger partial charge < -0.3 is 5.73 Å². The van der Waals surface area contributed by atoms with Crippen molar-refractivity contribution in [2.24, 2.45) is 5.73 Å². The summed E-state index contributed by atoms with van der Waals surface area (Å²) in [6.07, 6.45) is 3.21. The molecule has 0 aliphatic carbocycles. The van der Waals surface area contributed by atoms with E-state index < -0.39 is 6.04 Å². The number of aromatic nitrogens is 2. The van der Waals surface area contributed by atoms with E-state index in [1.54, 1.807) is 19.3 Å². The summed E-state index contributed by atoms with van der Waals surface area (Å²) < 4.78 is 1.47. The molecule has 0 radical (unpaired) electrons. The van der Waals surface area contributed by atoms with Crippen molar-refractivity contribution >= 4 is 5.91 Å². The first-order chi connectivity index (χ1) is 7.70. The second-order valence-electron chi connectivity index (χ2n) is 3.57. The van der Waals surface area contributed by atoms with Crippen LogP contribution < -0.4 is 5.73 Å². The van der Waals surface area contributed by atoms with Crippen molar-refractivity contribution in [1.29, 1.82) is 0 Å². The Morgan fingerprint density at radius 1 is 1.38 bits per heavy atom. The lowest BCUT2D eigenvalue weighted by atomic mass is 10.1. The predicted octanol–water partition coefficient (Wildman–Crippen LogP) is 1.53. The molecule has 4 heteroatoms. The van der Waals surface area contributed by atoms with Gasteiger partial charge >= 0.3 is 0 Å². The van der Waals surface area contributed by atoms with Crippen molar-refractivity contribution in [3.63, 3.8) is 0 Å². The van der Waals surface area contributed by atoms with Gasteiger partial charge in [-0.2, -0.15) is 0 Å². The van der Waals surface area contributed by atoms with E-state index in [0.717, 1.165) is 5.56 Å². The van der Waals surface area contributed by atoms with Crippen LogP contribution in [0.25, 0.3) is 0 Å². The Labute approximate surface area is 93.7 Å². The maximum Gasteiger partial charge on any atom is 0.253 e. The molecule has 2 aromatic rings. The molecule has 0 fully saturated rings. The highest BCUT2D eigenvalue weighted by Crippen LogP contribution is 2.12. The average Bonchev–Trinajstić information content (AvgIpc) is 2.75. The van der Waals surface area contributed by atoms with E-state index in [2.05, 4.69) is 4.98 Å². The Hall–Kier alpha value is -1.94. The third-order valence-corrected chi connectivity index (χ3v) is 2.49. The second-order valence-corrected chi connectivity index (χ2v) is 3.57. The number of carbonyl (C=O) groups is 1. The molecule has 0 spiro atoms. The lowest BCUT2D eigenvalue weighted by Gasteiger charge is -2.11. The molecule has 1 aromatic heterocycles. The summed E-state index contributed by atoms with van der Waals surface area (Å²) in [6, 6.07) is 8.66. The number of hydrogen-bond donors (Lipinski definition) is 1. The molecule has 1 unspecified atom stereocenters. The van der Waals surface area contributed by atoms with Crippen molar-refractivity contribution < 1.29 is 4.79 Å². The van der Waals surface area contributed by atoms with Crippen LogP contribution in [0.5, 0.6) is 0 Å². The Kier molecular flexibility index (Phi) is 2.83. The van der Waals surface area contributed by atoms with Crippen LogP contribution in [-0.2, 0) is 0 Å². The standard InChI is InChI=1S/C12H13N3O/c1-9-14-7-8-15(9)12(16)11(13)10-5-3-2-4-6-10/h2-8,11H,13H2,1H3. The molecule has 0 amide bonds. The Balaban J connectivity index is 2.27. The van der Waals surface area contributed by atoms with Gasteiger partial charge in [-0.25, -0.2) is 4.98 Å². The lowest BCUT2D eigenvalue weighted by Crippen LogP contribution is -2.27. The van der Waals surface area contributed by atoms with Crippen LogP contribution in [-0.4, -0.2) is 15.5 Å². The predicted molar refractivity (Wildman–Crippen MR) is 61.0 cm³/mol. The molecule has 82 valence electrons. The van der Waals surface area contributed by atoms with Crippen LogP contribution in [0.15, 0.2) is 42.7 Å². The minimum Gasteiger partial charge on any atom is -0.316 e. The third kappa shape index (κ3) is 1.87. The zero-order valence-corrected chi connectivity index (χ0v) is 9.00. The molecule has 1 aromatic carbocycles. The highest BCUT2D eigenvalue weighted by atomic mass is 16.2. The Morgan fingerprint density at radius 3 is 2.62 bits per heavy atom. The fourth-order valence-electron chi connectivity index (χ4n) is 1.56. The van der Waals surface area contributed by atoms with Gasteiger partial charge in [0.05, 0.1) is 0 Å². The normalized spacial score (nSPS) is 12.4. The van der Waals surface area contributed by atoms with Crippen molar-refractivity contribution in [2.45, 2.75) is 13.0 Å². The summed E-state index contributed by atoms with van der Waals surface area (Å²) in [5.41, 5.74) is 6.71. The zero-order chi connectivity index (χ0) is 11.5. The molecular weight excluding hydrogens is 202 g/mol. The molecule has 1 atom stereocenters. The van der Waals surface area contributed by atoms with Crippen molar-refractivity contribution in [3.8, 4) is 0 Å². The van der Waals surface area contributed by atoms with Gasteiger partial charge in [0.1, 0.15) is 11.9 Å². The molecule has 0 bridgehead atoms. The molecular formula is C12H13N3O. The molecule has 2 N–H and O–H groups in total. The van der Waals surface area contributed by atoms with Crippen LogP contribution in [0.4, 0.5) is 0 Å². The smallest absolute Gasteiger partial charge is 0.253 e. The van der Waals surface area contributed by atoms with E-state index in [1.165, 1.54) is 4.57 Å². The first-order valence-electron chi connectivity index (χ1n) is 5.05. The number of benzene rings is 1. The van der Waals surface area contributed by atoms with Crippen LogP contribution in [0.1, 0.15) is 22.2 Å². The maximum atomic E-state index is 12.0. The number of nitrogens with two attached hydrogens (primary N) is 1. The van der Waals surface area contributed by atoms with E-state index in [1.807, 2.05) is 30.3 Å². The lowest BCUT2D eigenvalue weighted by molar-refractivity contribution is 0.0877. The minimum atomic E-state index is -0.644. The fourth-order valence-corrected chi connectivity index (χ4v) is 1.56. The third-order valence-electron chi connectivity index (χ3n) is 2.49. The molecule has 4 nitrogen and oxygen atoms in total. The highest BCUT2D eigenvalue weighted by Gasteiger charge is 2.18. The number of aryl methyl sites for hydroxylation is 1. The number of hydrogen-bond acceptors (Lipinski definition) is 3. The van der Waals surface area contributed by atoms with E-state index in [-0.39, 0.29) is 5.91 Å². The van der Waals surface area contributed by atoms with Gasteiger partial charge in [0, 0.05) is 12.4 Å². The van der Waals surface area contributed by atoms with Crippen molar-refractivity contribution in [2.75, 3.05) is 0 Å². The van der Waals surface area contributed by atoms with Crippen LogP contribution in [0.2, 0.25) is 0 Å². The number of carbonyl (C=O) groups excluding carboxylic acids is 1. The van der Waals surface area contributed by atoms with Gasteiger partial charge in [0.2, 0.25) is 0 Å². The van der Waals surface area contributed by atoms with Gasteiger partial charge in [-0.15, -0.1) is 0 Å². The van der Waals surface area contributed by atoms with E-state index in [4.69, 9.17) is 5.73 Å². The Morgan fingerprint density at radius 2 is 2.06 bits per heavy atom. The topological polar surface area (TPSA) is 60.9 Å². The van der Waals surface area contributed by atoms with Gasteiger partial charge in [0.15, 0.2) is 0 Å². The average molecular weight is 215 g/mol. The molecule has 0 saturated carbocycles. The van der Waals surface area contributed by atoms with Gasteiger partial charge in [-0.3, -0.25) is 9.36 Å². The molecule has 0 aliphatic rings. The minimum absolute atomic E-state index is 0.166. The monoisotopic (exact) mass is 215 g/mol. The van der Waals surface area contributed by atoms with Crippen molar-refractivity contribution in [3.05, 3.63) is 54.1 Å². The summed E-state index contributed by atoms with van der Waals surface area (Å²) >= 11 is 0. The SMILES string of the molecule is Cc1nccn1C(=O)C(N)c1ccccc1. The number of nitrogens with zero attached hydrogens (tertiary/aromatic N) is 2. The molecule has 16 heavy (non-hydrogen) atoms. The maximum absolute atomic E-state index is 12.0. The molecule has 2 rings (SSSR count). The second kappa shape index (κ2) is 4.28. The first kappa shape index (κ1) is 10.6. The van der Waals surface area contributed by atoms with Crippen molar-refractivity contribution in [1.82, 2.24) is 9.55 Å². The van der Waals surface area contributed by atoms with Crippen LogP contribution in [0.3, 0.4) is 0 Å². The zero-order valence-electron chi connectivity index (χ0n) is 9.00. The Bertz CT molecular complexity index is 490. The number of rotatable bonds is 2. The van der Waals surface area contributed by atoms with Gasteiger partial charge in [-0.1, -0.05) is 30.3 Å². The highest BCUT2D eigenvalue weighted by molar-refractivity contribution is 5.85. The van der Waals surface area contributed by atoms with Gasteiger partial charge in [-0.05, 0) is 12.5 Å². The fraction of sp³-hybridized carbons (Fsp3) is 0.167. The molecule has 0 saturated heterocycles. The summed E-state index contributed by atoms with van der Waals surface area (Å²) in [7, 11) is 0. The first-order valence-corrected chi connectivity index (χ1v) is 5.05. The van der Waals surface area contributed by atoms with E-state index in [9.17, 15) is 4.79 Å². The van der Waals surface area contributed by atoms with E-state index >= 15 is 0 Å². The molecule has 0 aliphatic heterocycles. The van der Waals surface area contributed by atoms with Crippen LogP contribution in [0, 0.1) is 6.92 Å². The summed E-state index contributed by atoms with van der Waals surface area (Å²) in [5.74, 6) is 0.484. The van der Waals surface area contributed by atoms with Gasteiger partial charge in [0.25, 0.3) is 5.91 Å². The summed E-state index contributed by atoms with van der Waals surface area (Å²) in [5, 5.41) is 0. The summed E-state index contributed by atoms with van der Waals surface area (Å²) in [6.45, 7) is 1.77. The number of imidazole rings is 1. The summed E-state index contributed by atoms with van der Waals surface area (Å²) in [4.78, 5) is 16.0. The quantitative estimate of drug-likeness (QED) is 0.826. The van der Waals surface area contributed by atoms with Crippen LogP contribution >= 0.6 is 0 Å².